The maximum absolute atomic E-state index is 12.4. The number of benzene rings is 2. The van der Waals surface area contributed by atoms with Gasteiger partial charge in [-0.3, -0.25) is 9.59 Å². The number of hydrogen-bond acceptors (Lipinski definition) is 4. The van der Waals surface area contributed by atoms with Gasteiger partial charge in [-0.2, -0.15) is 0 Å². The lowest BCUT2D eigenvalue weighted by Gasteiger charge is -2.21. The summed E-state index contributed by atoms with van der Waals surface area (Å²) in [4.78, 5) is 26.1. The number of hydrogen-bond donors (Lipinski definition) is 2. The molecule has 0 bridgehead atoms. The van der Waals surface area contributed by atoms with Gasteiger partial charge in [0.2, 0.25) is 11.8 Å². The van der Waals surface area contributed by atoms with Crippen LogP contribution in [0.1, 0.15) is 19.8 Å². The molecule has 27 heavy (non-hydrogen) atoms. The van der Waals surface area contributed by atoms with Crippen LogP contribution >= 0.6 is 11.6 Å². The van der Waals surface area contributed by atoms with Crippen molar-refractivity contribution in [1.82, 2.24) is 0 Å². The third-order valence-electron chi connectivity index (χ3n) is 4.41. The molecular formula is C20H22ClN3O3. The molecule has 1 atom stereocenters. The molecule has 0 aromatic heterocycles. The van der Waals surface area contributed by atoms with Gasteiger partial charge in [0.15, 0.2) is 0 Å². The Kier molecular flexibility index (Phi) is 5.86. The first-order chi connectivity index (χ1) is 13.0. The maximum atomic E-state index is 12.4. The summed E-state index contributed by atoms with van der Waals surface area (Å²) in [5, 5.41) is 6.54. The largest absolute Gasteiger partial charge is 0.494 e. The van der Waals surface area contributed by atoms with Crippen LogP contribution in [0.3, 0.4) is 0 Å². The highest BCUT2D eigenvalue weighted by atomic mass is 35.5. The van der Waals surface area contributed by atoms with Gasteiger partial charge in [0.1, 0.15) is 11.8 Å². The molecule has 0 radical (unpaired) electrons. The Labute approximate surface area is 163 Å². The third kappa shape index (κ3) is 4.52. The van der Waals surface area contributed by atoms with Crippen molar-refractivity contribution < 1.29 is 14.3 Å². The quantitative estimate of drug-likeness (QED) is 0.788. The topological polar surface area (TPSA) is 70.7 Å². The first kappa shape index (κ1) is 19.0. The maximum Gasteiger partial charge on any atom is 0.246 e. The van der Waals surface area contributed by atoms with Gasteiger partial charge in [-0.05, 0) is 43.7 Å². The van der Waals surface area contributed by atoms with Crippen LogP contribution in [0.15, 0.2) is 42.5 Å². The average molecular weight is 388 g/mol. The molecule has 1 heterocycles. The molecule has 1 aliphatic rings. The smallest absolute Gasteiger partial charge is 0.246 e. The summed E-state index contributed by atoms with van der Waals surface area (Å²) in [6.07, 6.45) is 1.41. The molecule has 2 N–H and O–H groups in total. The molecule has 6 nitrogen and oxygen atoms in total. The summed E-state index contributed by atoms with van der Waals surface area (Å²) >= 11 is 5.94. The van der Waals surface area contributed by atoms with Crippen molar-refractivity contribution >= 4 is 40.5 Å². The third-order valence-corrected chi connectivity index (χ3v) is 4.65. The number of carbonyl (C=O) groups excluding carboxylic acids is 2. The number of ether oxygens (including phenoxy) is 1. The second-order valence-corrected chi connectivity index (χ2v) is 6.84. The summed E-state index contributed by atoms with van der Waals surface area (Å²) in [5.41, 5.74) is 2.12. The van der Waals surface area contributed by atoms with Gasteiger partial charge in [-0.25, -0.2) is 0 Å². The van der Waals surface area contributed by atoms with Gasteiger partial charge in [0.05, 0.1) is 12.8 Å². The first-order valence-electron chi connectivity index (χ1n) is 8.79. The molecule has 1 fully saturated rings. The molecule has 0 spiro atoms. The zero-order chi connectivity index (χ0) is 19.4. The van der Waals surface area contributed by atoms with E-state index >= 15 is 0 Å². The Morgan fingerprint density at radius 1 is 1.22 bits per heavy atom. The minimum atomic E-state index is -0.479. The Hall–Kier alpha value is -2.73. The van der Waals surface area contributed by atoms with Crippen LogP contribution in [0.2, 0.25) is 5.02 Å². The molecule has 0 aliphatic carbocycles. The lowest BCUT2D eigenvalue weighted by Crippen LogP contribution is -2.32. The zero-order valence-electron chi connectivity index (χ0n) is 15.3. The van der Waals surface area contributed by atoms with Crippen LogP contribution in [-0.2, 0) is 9.59 Å². The Morgan fingerprint density at radius 3 is 2.70 bits per heavy atom. The van der Waals surface area contributed by atoms with Gasteiger partial charge in [-0.15, -0.1) is 0 Å². The van der Waals surface area contributed by atoms with Crippen LogP contribution in [0.5, 0.6) is 5.75 Å². The minimum Gasteiger partial charge on any atom is -0.494 e. The van der Waals surface area contributed by atoms with Crippen molar-refractivity contribution in [2.75, 3.05) is 29.2 Å². The highest BCUT2D eigenvalue weighted by Gasteiger charge is 2.24. The predicted octanol–water partition coefficient (Wildman–Crippen LogP) is 3.91. The van der Waals surface area contributed by atoms with E-state index in [1.807, 2.05) is 12.1 Å². The fraction of sp³-hybridized carbons (Fsp3) is 0.300. The molecule has 0 saturated carbocycles. The molecule has 2 amide bonds. The normalized spacial score (nSPS) is 14.8. The van der Waals surface area contributed by atoms with Crippen molar-refractivity contribution in [3.63, 3.8) is 0 Å². The lowest BCUT2D eigenvalue weighted by atomic mass is 10.2. The van der Waals surface area contributed by atoms with Crippen molar-refractivity contribution in [2.45, 2.75) is 25.8 Å². The van der Waals surface area contributed by atoms with E-state index in [0.717, 1.165) is 17.8 Å². The highest BCUT2D eigenvalue weighted by Crippen LogP contribution is 2.34. The van der Waals surface area contributed by atoms with Crippen molar-refractivity contribution in [3.05, 3.63) is 47.5 Å². The first-order valence-corrected chi connectivity index (χ1v) is 9.17. The zero-order valence-corrected chi connectivity index (χ0v) is 16.0. The summed E-state index contributed by atoms with van der Waals surface area (Å²) in [6, 6.07) is 12.0. The van der Waals surface area contributed by atoms with Crippen LogP contribution < -0.4 is 20.3 Å². The number of halogens is 1. The molecular weight excluding hydrogens is 366 g/mol. The number of nitrogens with one attached hydrogen (secondary N) is 2. The fourth-order valence-electron chi connectivity index (χ4n) is 3.03. The highest BCUT2D eigenvalue weighted by molar-refractivity contribution is 6.30. The minimum absolute atomic E-state index is 0.100. The van der Waals surface area contributed by atoms with E-state index in [0.29, 0.717) is 29.4 Å². The summed E-state index contributed by atoms with van der Waals surface area (Å²) in [6.45, 7) is 2.46. The van der Waals surface area contributed by atoms with E-state index < -0.39 is 6.04 Å². The lowest BCUT2D eigenvalue weighted by molar-refractivity contribution is -0.117. The fourth-order valence-corrected chi connectivity index (χ4v) is 3.22. The number of nitrogens with zero attached hydrogens (tertiary/aromatic N) is 1. The molecule has 1 saturated heterocycles. The molecule has 7 heteroatoms. The van der Waals surface area contributed by atoms with E-state index in [2.05, 4.69) is 10.6 Å². The van der Waals surface area contributed by atoms with Gasteiger partial charge >= 0.3 is 0 Å². The SMILES string of the molecule is COc1cc(NC(C)C(=O)Nc2cccc(Cl)c2)ccc1N1CCCC1=O. The van der Waals surface area contributed by atoms with Gasteiger partial charge in [-0.1, -0.05) is 17.7 Å². The predicted molar refractivity (Wildman–Crippen MR) is 108 cm³/mol. The Morgan fingerprint density at radius 2 is 2.04 bits per heavy atom. The van der Waals surface area contributed by atoms with Crippen molar-refractivity contribution in [3.8, 4) is 5.75 Å². The average Bonchev–Trinajstić information content (AvgIpc) is 3.07. The van der Waals surface area contributed by atoms with Gasteiger partial charge in [0, 0.05) is 35.4 Å². The number of methoxy groups -OCH3 is 1. The van der Waals surface area contributed by atoms with Crippen molar-refractivity contribution in [1.29, 1.82) is 0 Å². The molecule has 2 aromatic rings. The van der Waals surface area contributed by atoms with E-state index in [9.17, 15) is 9.59 Å². The molecule has 1 aliphatic heterocycles. The molecule has 2 aromatic carbocycles. The van der Waals surface area contributed by atoms with E-state index in [-0.39, 0.29) is 11.8 Å². The van der Waals surface area contributed by atoms with Crippen LogP contribution in [0.4, 0.5) is 17.1 Å². The molecule has 3 rings (SSSR count). The monoisotopic (exact) mass is 387 g/mol. The van der Waals surface area contributed by atoms with Gasteiger partial charge < -0.3 is 20.3 Å². The Bertz CT molecular complexity index is 856. The summed E-state index contributed by atoms with van der Waals surface area (Å²) in [5.74, 6) is 0.510. The van der Waals surface area contributed by atoms with E-state index in [1.165, 1.54) is 0 Å². The van der Waals surface area contributed by atoms with E-state index in [4.69, 9.17) is 16.3 Å². The number of anilines is 3. The Balaban J connectivity index is 1.69. The van der Waals surface area contributed by atoms with Crippen LogP contribution in [-0.4, -0.2) is 31.5 Å². The van der Waals surface area contributed by atoms with Crippen LogP contribution in [0.25, 0.3) is 0 Å². The standard InChI is InChI=1S/C20H22ClN3O3/c1-13(20(26)23-15-6-3-5-14(21)11-15)22-16-8-9-17(18(12-16)27-2)24-10-4-7-19(24)25/h3,5-6,8-9,11-13,22H,4,7,10H2,1-2H3,(H,23,26). The second kappa shape index (κ2) is 8.31. The number of amides is 2. The molecule has 142 valence electrons. The summed E-state index contributed by atoms with van der Waals surface area (Å²) in [7, 11) is 1.57. The number of carbonyl (C=O) groups is 2. The van der Waals surface area contributed by atoms with Gasteiger partial charge in [0.25, 0.3) is 0 Å². The van der Waals surface area contributed by atoms with Crippen molar-refractivity contribution in [2.24, 2.45) is 0 Å². The van der Waals surface area contributed by atoms with E-state index in [1.54, 1.807) is 49.3 Å². The van der Waals surface area contributed by atoms with Crippen LogP contribution in [0, 0.1) is 0 Å². The molecule has 1 unspecified atom stereocenters. The second-order valence-electron chi connectivity index (χ2n) is 6.40. The summed E-state index contributed by atoms with van der Waals surface area (Å²) < 4.78 is 5.45. The number of rotatable bonds is 6.